The summed E-state index contributed by atoms with van der Waals surface area (Å²) in [5.74, 6) is -0.322. The minimum Gasteiger partial charge on any atom is -0.382 e. The molecule has 1 amide bonds. The summed E-state index contributed by atoms with van der Waals surface area (Å²) in [7, 11) is 3.36. The van der Waals surface area contributed by atoms with Crippen LogP contribution in [0.4, 0.5) is 0 Å². The summed E-state index contributed by atoms with van der Waals surface area (Å²) in [6, 6.07) is 8.69. The molecule has 2 heterocycles. The van der Waals surface area contributed by atoms with Crippen LogP contribution in [0.15, 0.2) is 41.3 Å². The lowest BCUT2D eigenvalue weighted by Gasteiger charge is -2.18. The maximum atomic E-state index is 12.6. The van der Waals surface area contributed by atoms with Crippen molar-refractivity contribution in [3.8, 4) is 0 Å². The molecule has 0 bridgehead atoms. The van der Waals surface area contributed by atoms with Gasteiger partial charge in [-0.25, -0.2) is 4.68 Å². The highest BCUT2D eigenvalue weighted by Crippen LogP contribution is 2.13. The Hall–Kier alpha value is -3.00. The topological polar surface area (TPSA) is 91.0 Å². The largest absolute Gasteiger partial charge is 0.382 e. The molecule has 1 aromatic carbocycles. The molecule has 0 aliphatic heterocycles. The van der Waals surface area contributed by atoms with Gasteiger partial charge in [0.2, 0.25) is 5.91 Å². The van der Waals surface area contributed by atoms with Crippen molar-refractivity contribution in [1.82, 2.24) is 24.9 Å². The van der Waals surface area contributed by atoms with E-state index in [9.17, 15) is 9.59 Å². The van der Waals surface area contributed by atoms with Crippen molar-refractivity contribution >= 4 is 16.7 Å². The maximum absolute atomic E-state index is 12.6. The van der Waals surface area contributed by atoms with Gasteiger partial charge in [-0.3, -0.25) is 14.3 Å². The molecule has 3 aromatic rings. The third kappa shape index (κ3) is 3.50. The Morgan fingerprint density at radius 3 is 2.65 bits per heavy atom. The number of hydrogen-bond acceptors (Lipinski definition) is 5. The molecule has 8 heteroatoms. The van der Waals surface area contributed by atoms with Gasteiger partial charge in [-0.2, -0.15) is 10.2 Å². The predicted molar refractivity (Wildman–Crippen MR) is 96.7 cm³/mol. The van der Waals surface area contributed by atoms with E-state index in [4.69, 9.17) is 4.74 Å². The number of aromatic nitrogens is 4. The molecule has 0 aliphatic carbocycles. The molecule has 0 radical (unpaired) electrons. The van der Waals surface area contributed by atoms with Crippen LogP contribution in [0, 0.1) is 6.92 Å². The van der Waals surface area contributed by atoms with E-state index in [1.807, 2.05) is 25.1 Å². The lowest BCUT2D eigenvalue weighted by atomic mass is 10.1. The number of nitrogens with one attached hydrogen (secondary N) is 1. The smallest absolute Gasteiger partial charge is 0.275 e. The first-order chi connectivity index (χ1) is 12.5. The van der Waals surface area contributed by atoms with Crippen molar-refractivity contribution in [3.63, 3.8) is 0 Å². The van der Waals surface area contributed by atoms with E-state index in [-0.39, 0.29) is 24.1 Å². The van der Waals surface area contributed by atoms with E-state index in [0.29, 0.717) is 17.7 Å². The second-order valence-corrected chi connectivity index (χ2v) is 6.05. The Morgan fingerprint density at radius 2 is 2.00 bits per heavy atom. The molecule has 0 spiro atoms. The molecule has 136 valence electrons. The van der Waals surface area contributed by atoms with Crippen molar-refractivity contribution in [2.45, 2.75) is 19.5 Å². The normalized spacial score (nSPS) is 12.3. The van der Waals surface area contributed by atoms with Gasteiger partial charge in [-0.15, -0.1) is 0 Å². The zero-order valence-electron chi connectivity index (χ0n) is 15.0. The summed E-state index contributed by atoms with van der Waals surface area (Å²) < 4.78 is 8.06. The quantitative estimate of drug-likeness (QED) is 0.711. The van der Waals surface area contributed by atoms with E-state index < -0.39 is 0 Å². The van der Waals surface area contributed by atoms with Gasteiger partial charge in [0.1, 0.15) is 6.54 Å². The highest BCUT2D eigenvalue weighted by atomic mass is 16.5. The summed E-state index contributed by atoms with van der Waals surface area (Å²) in [5, 5.41) is 12.6. The highest BCUT2D eigenvalue weighted by molar-refractivity contribution is 5.83. The molecule has 0 fully saturated rings. The number of rotatable bonds is 6. The monoisotopic (exact) mass is 355 g/mol. The van der Waals surface area contributed by atoms with Crippen LogP contribution in [-0.4, -0.2) is 39.2 Å². The van der Waals surface area contributed by atoms with Crippen LogP contribution in [0.5, 0.6) is 0 Å². The molecular formula is C18H21N5O3. The molecule has 1 atom stereocenters. The first-order valence-electron chi connectivity index (χ1n) is 8.24. The number of benzene rings is 1. The van der Waals surface area contributed by atoms with Gasteiger partial charge in [0.15, 0.2) is 0 Å². The Morgan fingerprint density at radius 1 is 1.27 bits per heavy atom. The highest BCUT2D eigenvalue weighted by Gasteiger charge is 2.19. The van der Waals surface area contributed by atoms with Crippen LogP contribution >= 0.6 is 0 Å². The van der Waals surface area contributed by atoms with Gasteiger partial charge in [-0.1, -0.05) is 18.2 Å². The first kappa shape index (κ1) is 17.8. The third-order valence-electron chi connectivity index (χ3n) is 4.23. The fraction of sp³-hybridized carbons (Fsp3) is 0.333. The average molecular weight is 355 g/mol. The van der Waals surface area contributed by atoms with Crippen LogP contribution in [0.1, 0.15) is 17.4 Å². The Labute approximate surface area is 150 Å². The SMILES string of the molecule is COC[C@@H](NC(=O)Cn1nc(C)c2ccccc2c1=O)c1ccnn1C. The van der Waals surface area contributed by atoms with Crippen LogP contribution in [0.25, 0.3) is 10.8 Å². The Bertz CT molecular complexity index is 992. The van der Waals surface area contributed by atoms with Gasteiger partial charge in [0, 0.05) is 25.7 Å². The predicted octanol–water partition coefficient (Wildman–Crippen LogP) is 0.942. The van der Waals surface area contributed by atoms with Gasteiger partial charge in [0.05, 0.1) is 29.4 Å². The van der Waals surface area contributed by atoms with Crippen molar-refractivity contribution in [2.24, 2.45) is 7.05 Å². The zero-order valence-corrected chi connectivity index (χ0v) is 15.0. The number of nitrogens with zero attached hydrogens (tertiary/aromatic N) is 4. The van der Waals surface area contributed by atoms with E-state index in [1.54, 1.807) is 37.2 Å². The number of fused-ring (bicyclic) bond motifs is 1. The molecule has 3 rings (SSSR count). The van der Waals surface area contributed by atoms with Gasteiger partial charge < -0.3 is 10.1 Å². The van der Waals surface area contributed by atoms with Crippen LogP contribution in [-0.2, 0) is 23.1 Å². The molecule has 0 saturated heterocycles. The summed E-state index contributed by atoms with van der Waals surface area (Å²) in [6.45, 7) is 1.95. The number of carbonyl (C=O) groups excluding carboxylic acids is 1. The number of aryl methyl sites for hydroxylation is 2. The van der Waals surface area contributed by atoms with Gasteiger partial charge >= 0.3 is 0 Å². The van der Waals surface area contributed by atoms with Crippen molar-refractivity contribution in [2.75, 3.05) is 13.7 Å². The van der Waals surface area contributed by atoms with Crippen molar-refractivity contribution < 1.29 is 9.53 Å². The molecule has 0 unspecified atom stereocenters. The lowest BCUT2D eigenvalue weighted by Crippen LogP contribution is -2.38. The maximum Gasteiger partial charge on any atom is 0.275 e. The molecule has 8 nitrogen and oxygen atoms in total. The Kier molecular flexibility index (Phi) is 5.13. The van der Waals surface area contributed by atoms with E-state index >= 15 is 0 Å². The number of carbonyl (C=O) groups is 1. The standard InChI is InChI=1S/C18H21N5O3/c1-12-13-6-4-5-7-14(13)18(25)23(21-12)10-17(24)20-15(11-26-3)16-8-9-19-22(16)2/h4-9,15H,10-11H2,1-3H3,(H,20,24)/t15-/m1/s1. The summed E-state index contributed by atoms with van der Waals surface area (Å²) in [4.78, 5) is 25.1. The minimum absolute atomic E-state index is 0.164. The van der Waals surface area contributed by atoms with Crippen molar-refractivity contribution in [3.05, 3.63) is 58.3 Å². The second kappa shape index (κ2) is 7.49. The van der Waals surface area contributed by atoms with Gasteiger partial charge in [-0.05, 0) is 19.1 Å². The third-order valence-corrected chi connectivity index (χ3v) is 4.23. The molecule has 26 heavy (non-hydrogen) atoms. The summed E-state index contributed by atoms with van der Waals surface area (Å²) >= 11 is 0. The van der Waals surface area contributed by atoms with E-state index in [2.05, 4.69) is 15.5 Å². The second-order valence-electron chi connectivity index (χ2n) is 6.05. The van der Waals surface area contributed by atoms with Crippen molar-refractivity contribution in [1.29, 1.82) is 0 Å². The van der Waals surface area contributed by atoms with Crippen LogP contribution in [0.2, 0.25) is 0 Å². The molecule has 1 N–H and O–H groups in total. The first-order valence-corrected chi connectivity index (χ1v) is 8.24. The zero-order chi connectivity index (χ0) is 18.7. The van der Waals surface area contributed by atoms with Crippen LogP contribution in [0.3, 0.4) is 0 Å². The summed E-state index contributed by atoms with van der Waals surface area (Å²) in [6.07, 6.45) is 1.66. The van der Waals surface area contributed by atoms with Crippen LogP contribution < -0.4 is 10.9 Å². The number of hydrogen-bond donors (Lipinski definition) is 1. The average Bonchev–Trinajstić information content (AvgIpc) is 3.05. The van der Waals surface area contributed by atoms with Gasteiger partial charge in [0.25, 0.3) is 5.56 Å². The fourth-order valence-corrected chi connectivity index (χ4v) is 2.98. The lowest BCUT2D eigenvalue weighted by molar-refractivity contribution is -0.123. The number of ether oxygens (including phenoxy) is 1. The number of methoxy groups -OCH3 is 1. The van der Waals surface area contributed by atoms with E-state index in [0.717, 1.165) is 11.1 Å². The summed E-state index contributed by atoms with van der Waals surface area (Å²) in [5.41, 5.74) is 1.23. The molecule has 2 aromatic heterocycles. The molecule has 0 aliphatic rings. The Balaban J connectivity index is 1.83. The minimum atomic E-state index is -0.364. The fourth-order valence-electron chi connectivity index (χ4n) is 2.98. The van der Waals surface area contributed by atoms with E-state index in [1.165, 1.54) is 4.68 Å². The molecular weight excluding hydrogens is 334 g/mol. The molecule has 0 saturated carbocycles. The number of amides is 1.